The predicted molar refractivity (Wildman–Crippen MR) is 84.9 cm³/mol. The van der Waals surface area contributed by atoms with Crippen molar-refractivity contribution in [1.29, 1.82) is 0 Å². The first-order valence-corrected chi connectivity index (χ1v) is 8.15. The maximum atomic E-state index is 12.7. The van der Waals surface area contributed by atoms with Gasteiger partial charge in [-0.1, -0.05) is 24.3 Å². The van der Waals surface area contributed by atoms with Gasteiger partial charge >= 0.3 is 0 Å². The number of non-ortho nitro benzene ring substituents is 1. The fourth-order valence-electron chi connectivity index (χ4n) is 1.91. The third-order valence-electron chi connectivity index (χ3n) is 2.93. The smallest absolute Gasteiger partial charge is 0.270 e. The largest absolute Gasteiger partial charge is 0.279 e. The van der Waals surface area contributed by atoms with Gasteiger partial charge in [-0.25, -0.2) is 8.42 Å². The molecule has 2 rings (SSSR count). The maximum absolute atomic E-state index is 12.7. The highest BCUT2D eigenvalue weighted by atomic mass is 35.5. The van der Waals surface area contributed by atoms with Crippen LogP contribution in [0.1, 0.15) is 0 Å². The van der Waals surface area contributed by atoms with E-state index in [2.05, 4.69) is 0 Å². The molecule has 120 valence electrons. The Balaban J connectivity index is 2.54. The Labute approximate surface area is 137 Å². The Morgan fingerprint density at radius 3 is 2.35 bits per heavy atom. The van der Waals surface area contributed by atoms with E-state index in [1.54, 1.807) is 18.2 Å². The zero-order chi connectivity index (χ0) is 17.0. The molecule has 0 heterocycles. The third kappa shape index (κ3) is 3.85. The summed E-state index contributed by atoms with van der Waals surface area (Å²) in [5.41, 5.74) is -0.135. The molecule has 0 amide bonds. The SMILES string of the molecule is O=C(Cl)CN(c1ccccc1)S(=O)(=O)c1cccc([N+](=O)[O-])c1. The topological polar surface area (TPSA) is 97.6 Å². The number of carbonyl (C=O) groups excluding carboxylic acids is 1. The first-order valence-electron chi connectivity index (χ1n) is 6.33. The zero-order valence-electron chi connectivity index (χ0n) is 11.6. The van der Waals surface area contributed by atoms with E-state index in [9.17, 15) is 23.3 Å². The second kappa shape index (κ2) is 6.76. The second-order valence-electron chi connectivity index (χ2n) is 4.46. The van der Waals surface area contributed by atoms with E-state index >= 15 is 0 Å². The van der Waals surface area contributed by atoms with E-state index < -0.39 is 26.7 Å². The average Bonchev–Trinajstić information content (AvgIpc) is 2.53. The van der Waals surface area contributed by atoms with Crippen molar-refractivity contribution >= 4 is 38.2 Å². The van der Waals surface area contributed by atoms with Gasteiger partial charge in [0.2, 0.25) is 5.24 Å². The summed E-state index contributed by atoms with van der Waals surface area (Å²) >= 11 is 5.34. The van der Waals surface area contributed by atoms with Gasteiger partial charge in [0.25, 0.3) is 15.7 Å². The van der Waals surface area contributed by atoms with Crippen LogP contribution in [0.5, 0.6) is 0 Å². The van der Waals surface area contributed by atoms with Gasteiger partial charge < -0.3 is 0 Å². The summed E-state index contributed by atoms with van der Waals surface area (Å²) in [6.45, 7) is -0.587. The van der Waals surface area contributed by atoms with Gasteiger partial charge in [0.05, 0.1) is 15.5 Å². The molecule has 0 atom stereocenters. The molecular formula is C14H11ClN2O5S. The molecular weight excluding hydrogens is 344 g/mol. The van der Waals surface area contributed by atoms with Crippen molar-refractivity contribution in [3.63, 3.8) is 0 Å². The number of nitro benzene ring substituents is 1. The Hall–Kier alpha value is -2.45. The predicted octanol–water partition coefficient (Wildman–Crippen LogP) is 2.56. The van der Waals surface area contributed by atoms with Crippen LogP contribution in [-0.4, -0.2) is 25.1 Å². The van der Waals surface area contributed by atoms with Crippen LogP contribution in [-0.2, 0) is 14.8 Å². The van der Waals surface area contributed by atoms with Crippen LogP contribution < -0.4 is 4.31 Å². The van der Waals surface area contributed by atoms with Crippen molar-refractivity contribution < 1.29 is 18.1 Å². The molecule has 0 aliphatic heterocycles. The molecule has 2 aromatic rings. The molecule has 0 fully saturated rings. The molecule has 0 N–H and O–H groups in total. The molecule has 0 bridgehead atoms. The van der Waals surface area contributed by atoms with E-state index in [1.165, 1.54) is 30.3 Å². The van der Waals surface area contributed by atoms with Crippen LogP contribution in [0, 0.1) is 10.1 Å². The van der Waals surface area contributed by atoms with Crippen LogP contribution in [0.3, 0.4) is 0 Å². The van der Waals surface area contributed by atoms with Gasteiger partial charge in [0.15, 0.2) is 0 Å². The molecule has 23 heavy (non-hydrogen) atoms. The number of rotatable bonds is 6. The summed E-state index contributed by atoms with van der Waals surface area (Å²) in [5, 5.41) is 9.95. The van der Waals surface area contributed by atoms with Gasteiger partial charge in [-0.3, -0.25) is 19.2 Å². The van der Waals surface area contributed by atoms with E-state index in [1.807, 2.05) is 0 Å². The van der Waals surface area contributed by atoms with Crippen molar-refractivity contribution in [3.8, 4) is 0 Å². The van der Waals surface area contributed by atoms with Gasteiger partial charge in [0, 0.05) is 12.1 Å². The highest BCUT2D eigenvalue weighted by molar-refractivity contribution is 7.92. The maximum Gasteiger partial charge on any atom is 0.270 e. The van der Waals surface area contributed by atoms with Crippen molar-refractivity contribution in [2.24, 2.45) is 0 Å². The fourth-order valence-corrected chi connectivity index (χ4v) is 3.56. The fraction of sp³-hybridized carbons (Fsp3) is 0.0714. The lowest BCUT2D eigenvalue weighted by atomic mass is 10.3. The molecule has 0 spiro atoms. The van der Waals surface area contributed by atoms with E-state index in [0.717, 1.165) is 10.4 Å². The van der Waals surface area contributed by atoms with Crippen LogP contribution in [0.15, 0.2) is 59.5 Å². The molecule has 0 radical (unpaired) electrons. The van der Waals surface area contributed by atoms with Gasteiger partial charge in [0.1, 0.15) is 6.54 Å². The normalized spacial score (nSPS) is 11.0. The number of sulfonamides is 1. The Morgan fingerprint density at radius 1 is 1.13 bits per heavy atom. The van der Waals surface area contributed by atoms with Crippen LogP contribution >= 0.6 is 11.6 Å². The minimum atomic E-state index is -4.18. The minimum absolute atomic E-state index is 0.230. The van der Waals surface area contributed by atoms with Crippen LogP contribution in [0.2, 0.25) is 0 Å². The number of benzene rings is 2. The Morgan fingerprint density at radius 2 is 1.78 bits per heavy atom. The number of anilines is 1. The number of nitro groups is 1. The molecule has 7 nitrogen and oxygen atoms in total. The van der Waals surface area contributed by atoms with Gasteiger partial charge in [-0.15, -0.1) is 0 Å². The van der Waals surface area contributed by atoms with Crippen LogP contribution in [0.25, 0.3) is 0 Å². The first kappa shape index (κ1) is 16.9. The minimum Gasteiger partial charge on any atom is -0.279 e. The number of hydrogen-bond donors (Lipinski definition) is 0. The van der Waals surface area contributed by atoms with Crippen molar-refractivity contribution in [3.05, 3.63) is 64.7 Å². The summed E-state index contributed by atoms with van der Waals surface area (Å²) in [7, 11) is -4.18. The Bertz CT molecular complexity index is 839. The number of carbonyl (C=O) groups is 1. The van der Waals surface area contributed by atoms with Crippen molar-refractivity contribution in [1.82, 2.24) is 0 Å². The molecule has 9 heteroatoms. The molecule has 0 unspecified atom stereocenters. The quantitative estimate of drug-likeness (QED) is 0.451. The zero-order valence-corrected chi connectivity index (χ0v) is 13.2. The molecule has 0 aromatic heterocycles. The summed E-state index contributed by atoms with van der Waals surface area (Å²) in [6, 6.07) is 12.5. The van der Waals surface area contributed by atoms with Gasteiger partial charge in [-0.2, -0.15) is 0 Å². The standard InChI is InChI=1S/C14H11ClN2O5S/c15-14(18)10-16(11-5-2-1-3-6-11)23(21,22)13-8-4-7-12(9-13)17(19)20/h1-9H,10H2. The molecule has 0 aliphatic rings. The van der Waals surface area contributed by atoms with Gasteiger partial charge in [-0.05, 0) is 29.8 Å². The highest BCUT2D eigenvalue weighted by Gasteiger charge is 2.27. The average molecular weight is 355 g/mol. The number of hydrogen-bond acceptors (Lipinski definition) is 5. The lowest BCUT2D eigenvalue weighted by Gasteiger charge is -2.22. The summed E-state index contributed by atoms with van der Waals surface area (Å²) in [6.07, 6.45) is 0. The second-order valence-corrected chi connectivity index (χ2v) is 6.74. The van der Waals surface area contributed by atoms with Crippen molar-refractivity contribution in [2.75, 3.05) is 10.8 Å². The third-order valence-corrected chi connectivity index (χ3v) is 4.82. The van der Waals surface area contributed by atoms with Crippen LogP contribution in [0.4, 0.5) is 11.4 Å². The molecule has 0 saturated carbocycles. The molecule has 2 aromatic carbocycles. The Kier molecular flexibility index (Phi) is 4.97. The highest BCUT2D eigenvalue weighted by Crippen LogP contribution is 2.25. The van der Waals surface area contributed by atoms with E-state index in [0.29, 0.717) is 0 Å². The number of nitrogens with zero attached hydrogens (tertiary/aromatic N) is 2. The van der Waals surface area contributed by atoms with E-state index in [4.69, 9.17) is 11.6 Å². The lowest BCUT2D eigenvalue weighted by molar-refractivity contribution is -0.385. The lowest BCUT2D eigenvalue weighted by Crippen LogP contribution is -2.34. The number of para-hydroxylation sites is 1. The number of halogens is 1. The monoisotopic (exact) mass is 354 g/mol. The van der Waals surface area contributed by atoms with Crippen molar-refractivity contribution in [2.45, 2.75) is 4.90 Å². The summed E-state index contributed by atoms with van der Waals surface area (Å²) in [5.74, 6) is 0. The molecule has 0 aliphatic carbocycles. The summed E-state index contributed by atoms with van der Waals surface area (Å²) < 4.78 is 26.3. The summed E-state index contributed by atoms with van der Waals surface area (Å²) in [4.78, 5) is 21.1. The first-order chi connectivity index (χ1) is 10.8. The van der Waals surface area contributed by atoms with E-state index in [-0.39, 0.29) is 16.3 Å². The molecule has 0 saturated heterocycles.